The number of nitrogens with zero attached hydrogens (tertiary/aromatic N) is 3. The number of nitro groups is 1. The van der Waals surface area contributed by atoms with Crippen LogP contribution < -0.4 is 5.32 Å². The summed E-state index contributed by atoms with van der Waals surface area (Å²) in [6, 6.07) is 4.66. The third kappa shape index (κ3) is 3.61. The van der Waals surface area contributed by atoms with E-state index in [0.29, 0.717) is 0 Å². The van der Waals surface area contributed by atoms with Crippen molar-refractivity contribution in [3.63, 3.8) is 0 Å². The van der Waals surface area contributed by atoms with Gasteiger partial charge in [0.25, 0.3) is 0 Å². The zero-order chi connectivity index (χ0) is 15.6. The highest BCUT2D eigenvalue weighted by atomic mass is 35.5. The van der Waals surface area contributed by atoms with Crippen molar-refractivity contribution >= 4 is 39.0 Å². The molecular weight excluding hydrogens is 327 g/mol. The highest BCUT2D eigenvalue weighted by Gasteiger charge is 2.18. The normalized spacial score (nSPS) is 11.1. The third-order valence-corrected chi connectivity index (χ3v) is 3.31. The molecule has 1 aromatic carbocycles. The van der Waals surface area contributed by atoms with E-state index in [-0.39, 0.29) is 16.8 Å². The van der Waals surface area contributed by atoms with Crippen LogP contribution in [0.3, 0.4) is 0 Å². The molecule has 1 N–H and O–H groups in total. The zero-order valence-electron chi connectivity index (χ0n) is 10.0. The number of hydrogen-bond donors (Lipinski definition) is 1. The fourth-order valence-corrected chi connectivity index (χ4v) is 2.08. The van der Waals surface area contributed by atoms with Crippen LogP contribution in [0.2, 0.25) is 5.28 Å². The van der Waals surface area contributed by atoms with Crippen molar-refractivity contribution in [1.82, 2.24) is 9.97 Å². The van der Waals surface area contributed by atoms with Gasteiger partial charge in [-0.2, -0.15) is 13.4 Å². The monoisotopic (exact) mass is 332 g/mol. The molecule has 0 bridgehead atoms. The van der Waals surface area contributed by atoms with Gasteiger partial charge in [0.2, 0.25) is 11.1 Å². The largest absolute Gasteiger partial charge is 0.334 e. The molecule has 110 valence electrons. The summed E-state index contributed by atoms with van der Waals surface area (Å²) in [7, 11) is -4.88. The minimum Gasteiger partial charge on any atom is -0.334 e. The maximum atomic E-state index is 12.9. The maximum Gasteiger partial charge on any atom is 0.332 e. The molecular formula is C10H6ClFN4O4S. The second-order valence-corrected chi connectivity index (χ2v) is 5.41. The van der Waals surface area contributed by atoms with Gasteiger partial charge in [-0.25, -0.2) is 4.98 Å². The zero-order valence-corrected chi connectivity index (χ0v) is 11.6. The Morgan fingerprint density at radius 3 is 2.71 bits per heavy atom. The van der Waals surface area contributed by atoms with Crippen molar-refractivity contribution in [3.05, 3.63) is 45.9 Å². The van der Waals surface area contributed by atoms with Crippen LogP contribution in [-0.4, -0.2) is 23.3 Å². The number of aromatic nitrogens is 2. The molecule has 0 amide bonds. The van der Waals surface area contributed by atoms with E-state index in [9.17, 15) is 22.4 Å². The lowest BCUT2D eigenvalue weighted by Crippen LogP contribution is -2.02. The van der Waals surface area contributed by atoms with Gasteiger partial charge in [-0.15, -0.1) is 3.89 Å². The van der Waals surface area contributed by atoms with Gasteiger partial charge in [0, 0.05) is 5.69 Å². The summed E-state index contributed by atoms with van der Waals surface area (Å²) >= 11 is 5.55. The molecule has 2 rings (SSSR count). The Kier molecular flexibility index (Phi) is 4.00. The van der Waals surface area contributed by atoms with Crippen molar-refractivity contribution in [1.29, 1.82) is 0 Å². The van der Waals surface area contributed by atoms with Gasteiger partial charge in [0.1, 0.15) is 11.1 Å². The van der Waals surface area contributed by atoms with Crippen molar-refractivity contribution in [2.24, 2.45) is 0 Å². The number of nitrogens with one attached hydrogen (secondary N) is 1. The second kappa shape index (κ2) is 5.58. The van der Waals surface area contributed by atoms with Crippen molar-refractivity contribution in [2.45, 2.75) is 4.90 Å². The molecule has 0 atom stereocenters. The topological polar surface area (TPSA) is 115 Å². The molecule has 0 aliphatic rings. The predicted molar refractivity (Wildman–Crippen MR) is 71.7 cm³/mol. The van der Waals surface area contributed by atoms with E-state index in [2.05, 4.69) is 15.3 Å². The first-order valence-electron chi connectivity index (χ1n) is 5.26. The summed E-state index contributed by atoms with van der Waals surface area (Å²) < 4.78 is 34.5. The summed E-state index contributed by atoms with van der Waals surface area (Å²) in [6.07, 6.45) is 0.896. The Morgan fingerprint density at radius 1 is 1.38 bits per heavy atom. The number of anilines is 2. The van der Waals surface area contributed by atoms with Gasteiger partial charge in [0.05, 0.1) is 4.92 Å². The molecule has 1 heterocycles. The molecule has 0 aliphatic carbocycles. The molecule has 0 aliphatic heterocycles. The van der Waals surface area contributed by atoms with E-state index in [1.165, 1.54) is 12.1 Å². The van der Waals surface area contributed by atoms with Gasteiger partial charge in [-0.3, -0.25) is 10.1 Å². The lowest BCUT2D eigenvalue weighted by molar-refractivity contribution is -0.384. The van der Waals surface area contributed by atoms with Crippen molar-refractivity contribution < 1.29 is 17.2 Å². The molecule has 21 heavy (non-hydrogen) atoms. The molecule has 0 radical (unpaired) electrons. The highest BCUT2D eigenvalue weighted by Crippen LogP contribution is 2.27. The van der Waals surface area contributed by atoms with Gasteiger partial charge >= 0.3 is 15.9 Å². The van der Waals surface area contributed by atoms with E-state index < -0.39 is 25.7 Å². The van der Waals surface area contributed by atoms with Crippen LogP contribution in [0.1, 0.15) is 0 Å². The summed E-state index contributed by atoms with van der Waals surface area (Å²) in [5.74, 6) is -0.242. The average molecular weight is 333 g/mol. The SMILES string of the molecule is O=[N+]([O-])c1cnc(Cl)nc1Nc1cccc(S(=O)(=O)F)c1. The molecule has 0 spiro atoms. The molecule has 2 aromatic rings. The van der Waals surface area contributed by atoms with E-state index in [0.717, 1.165) is 18.3 Å². The lowest BCUT2D eigenvalue weighted by atomic mass is 10.3. The average Bonchev–Trinajstić information content (AvgIpc) is 2.37. The first kappa shape index (κ1) is 15.1. The fourth-order valence-electron chi connectivity index (χ4n) is 1.44. The van der Waals surface area contributed by atoms with Crippen LogP contribution in [0.25, 0.3) is 0 Å². The Labute approximate surface area is 123 Å². The van der Waals surface area contributed by atoms with Crippen LogP contribution in [-0.2, 0) is 10.2 Å². The van der Waals surface area contributed by atoms with E-state index in [4.69, 9.17) is 11.6 Å². The highest BCUT2D eigenvalue weighted by molar-refractivity contribution is 7.86. The Bertz CT molecular complexity index is 814. The fraction of sp³-hybridized carbons (Fsp3) is 0. The van der Waals surface area contributed by atoms with E-state index >= 15 is 0 Å². The quantitative estimate of drug-likeness (QED) is 0.395. The molecule has 11 heteroatoms. The first-order valence-corrected chi connectivity index (χ1v) is 7.02. The van der Waals surface area contributed by atoms with Crippen molar-refractivity contribution in [3.8, 4) is 0 Å². The van der Waals surface area contributed by atoms with Crippen LogP contribution in [0.15, 0.2) is 35.4 Å². The minimum absolute atomic E-state index is 0.0894. The lowest BCUT2D eigenvalue weighted by Gasteiger charge is -2.06. The first-order chi connectivity index (χ1) is 9.77. The van der Waals surface area contributed by atoms with Crippen LogP contribution in [0.4, 0.5) is 21.1 Å². The summed E-state index contributed by atoms with van der Waals surface area (Å²) in [4.78, 5) is 16.6. The third-order valence-electron chi connectivity index (χ3n) is 2.32. The van der Waals surface area contributed by atoms with Gasteiger partial charge in [0.15, 0.2) is 0 Å². The van der Waals surface area contributed by atoms with E-state index in [1.807, 2.05) is 0 Å². The van der Waals surface area contributed by atoms with E-state index in [1.54, 1.807) is 0 Å². The Hall–Kier alpha value is -2.33. The molecule has 0 saturated carbocycles. The van der Waals surface area contributed by atoms with Crippen LogP contribution >= 0.6 is 11.6 Å². The number of benzene rings is 1. The number of rotatable bonds is 4. The number of halogens is 2. The molecule has 8 nitrogen and oxygen atoms in total. The van der Waals surface area contributed by atoms with Crippen LogP contribution in [0.5, 0.6) is 0 Å². The van der Waals surface area contributed by atoms with Crippen molar-refractivity contribution in [2.75, 3.05) is 5.32 Å². The van der Waals surface area contributed by atoms with Gasteiger partial charge in [-0.05, 0) is 29.8 Å². The second-order valence-electron chi connectivity index (χ2n) is 3.72. The minimum atomic E-state index is -4.88. The maximum absolute atomic E-state index is 12.9. The molecule has 0 fully saturated rings. The molecule has 0 unspecified atom stereocenters. The summed E-state index contributed by atoms with van der Waals surface area (Å²) in [5.41, 5.74) is -0.375. The smallest absolute Gasteiger partial charge is 0.332 e. The standard InChI is InChI=1S/C10H6ClFN4O4S/c11-10-13-5-8(16(17)18)9(15-10)14-6-2-1-3-7(4-6)21(12,19)20/h1-5H,(H,13,14,15). The molecule has 0 saturated heterocycles. The summed E-state index contributed by atoms with van der Waals surface area (Å²) in [6.45, 7) is 0. The summed E-state index contributed by atoms with van der Waals surface area (Å²) in [5, 5.41) is 13.1. The molecule has 1 aromatic heterocycles. The van der Waals surface area contributed by atoms with Gasteiger partial charge in [-0.1, -0.05) is 6.07 Å². The van der Waals surface area contributed by atoms with Crippen LogP contribution in [0, 0.1) is 10.1 Å². The Morgan fingerprint density at radius 2 is 2.10 bits per heavy atom. The predicted octanol–water partition coefficient (Wildman–Crippen LogP) is 2.44. The van der Waals surface area contributed by atoms with Gasteiger partial charge < -0.3 is 5.32 Å². The Balaban J connectivity index is 2.43. The number of hydrogen-bond acceptors (Lipinski definition) is 7.